The largest absolute Gasteiger partial charge is 0.490 e. The van der Waals surface area contributed by atoms with Crippen LogP contribution in [0.4, 0.5) is 0 Å². The number of likely N-dealkylation sites (tertiary alicyclic amines) is 2. The zero-order valence-corrected chi connectivity index (χ0v) is 16.4. The SMILES string of the molecule is CCNC(=NCC1CCN(CC)C1)N1CCC(Oc2ccccc2)CC1. The Morgan fingerprint density at radius 2 is 1.88 bits per heavy atom. The smallest absolute Gasteiger partial charge is 0.193 e. The van der Waals surface area contributed by atoms with Crippen molar-refractivity contribution in [1.29, 1.82) is 0 Å². The Balaban J connectivity index is 1.49. The lowest BCUT2D eigenvalue weighted by molar-refractivity contribution is 0.129. The van der Waals surface area contributed by atoms with Crippen LogP contribution in [-0.4, -0.2) is 67.7 Å². The number of hydrogen-bond acceptors (Lipinski definition) is 3. The van der Waals surface area contributed by atoms with Crippen LogP contribution >= 0.6 is 0 Å². The fourth-order valence-corrected chi connectivity index (χ4v) is 3.87. The van der Waals surface area contributed by atoms with Gasteiger partial charge >= 0.3 is 0 Å². The van der Waals surface area contributed by atoms with E-state index in [1.807, 2.05) is 30.3 Å². The van der Waals surface area contributed by atoms with Crippen LogP contribution < -0.4 is 10.1 Å². The number of rotatable bonds is 6. The van der Waals surface area contributed by atoms with Gasteiger partial charge in [0, 0.05) is 45.6 Å². The first kappa shape index (κ1) is 19.0. The number of guanidine groups is 1. The zero-order valence-electron chi connectivity index (χ0n) is 16.4. The van der Waals surface area contributed by atoms with E-state index in [1.54, 1.807) is 0 Å². The van der Waals surface area contributed by atoms with E-state index in [-0.39, 0.29) is 0 Å². The predicted octanol–water partition coefficient (Wildman–Crippen LogP) is 2.84. The second-order valence-electron chi connectivity index (χ2n) is 7.36. The quantitative estimate of drug-likeness (QED) is 0.627. The molecule has 1 unspecified atom stereocenters. The van der Waals surface area contributed by atoms with Crippen LogP contribution in [0.2, 0.25) is 0 Å². The molecule has 0 aromatic heterocycles. The van der Waals surface area contributed by atoms with Crippen LogP contribution in [0.15, 0.2) is 35.3 Å². The van der Waals surface area contributed by atoms with E-state index in [0.29, 0.717) is 12.0 Å². The molecule has 1 N–H and O–H groups in total. The summed E-state index contributed by atoms with van der Waals surface area (Å²) in [5.74, 6) is 2.77. The number of nitrogens with zero attached hydrogens (tertiary/aromatic N) is 3. The third-order valence-electron chi connectivity index (χ3n) is 5.44. The maximum absolute atomic E-state index is 6.12. The van der Waals surface area contributed by atoms with E-state index in [9.17, 15) is 0 Å². The van der Waals surface area contributed by atoms with E-state index in [4.69, 9.17) is 9.73 Å². The summed E-state index contributed by atoms with van der Waals surface area (Å²) >= 11 is 0. The highest BCUT2D eigenvalue weighted by atomic mass is 16.5. The summed E-state index contributed by atoms with van der Waals surface area (Å²) < 4.78 is 6.12. The van der Waals surface area contributed by atoms with Gasteiger partial charge in [-0.05, 0) is 44.5 Å². The molecule has 1 aromatic rings. The molecule has 0 saturated carbocycles. The fraction of sp³-hybridized carbons (Fsp3) is 0.667. The topological polar surface area (TPSA) is 40.1 Å². The molecule has 2 heterocycles. The van der Waals surface area contributed by atoms with Gasteiger partial charge < -0.3 is 19.9 Å². The summed E-state index contributed by atoms with van der Waals surface area (Å²) in [5, 5.41) is 3.49. The van der Waals surface area contributed by atoms with Gasteiger partial charge in [0.05, 0.1) is 0 Å². The minimum absolute atomic E-state index is 0.310. The lowest BCUT2D eigenvalue weighted by atomic mass is 10.1. The normalized spacial score (nSPS) is 22.6. The van der Waals surface area contributed by atoms with Crippen LogP contribution in [0, 0.1) is 5.92 Å². The molecule has 26 heavy (non-hydrogen) atoms. The Kier molecular flexibility index (Phi) is 7.18. The highest BCUT2D eigenvalue weighted by molar-refractivity contribution is 5.80. The molecule has 3 rings (SSSR count). The lowest BCUT2D eigenvalue weighted by Crippen LogP contribution is -2.47. The highest BCUT2D eigenvalue weighted by Gasteiger charge is 2.24. The molecule has 5 nitrogen and oxygen atoms in total. The summed E-state index contributed by atoms with van der Waals surface area (Å²) in [4.78, 5) is 9.89. The summed E-state index contributed by atoms with van der Waals surface area (Å²) in [6, 6.07) is 10.2. The van der Waals surface area contributed by atoms with Crippen molar-refractivity contribution in [2.45, 2.75) is 39.2 Å². The standard InChI is InChI=1S/C21H34N4O/c1-3-22-21(23-16-18-10-13-24(4-2)17-18)25-14-11-20(12-15-25)26-19-8-6-5-7-9-19/h5-9,18,20H,3-4,10-17H2,1-2H3,(H,22,23). The van der Waals surface area contributed by atoms with Gasteiger partial charge in [0.25, 0.3) is 0 Å². The molecule has 2 saturated heterocycles. The van der Waals surface area contributed by atoms with Gasteiger partial charge in [-0.3, -0.25) is 4.99 Å². The number of ether oxygens (including phenoxy) is 1. The molecule has 1 aromatic carbocycles. The number of benzene rings is 1. The second kappa shape index (κ2) is 9.81. The number of aliphatic imine (C=N–C) groups is 1. The first-order valence-corrected chi connectivity index (χ1v) is 10.3. The van der Waals surface area contributed by atoms with Crippen molar-refractivity contribution in [2.24, 2.45) is 10.9 Å². The minimum atomic E-state index is 0.310. The molecule has 144 valence electrons. The maximum atomic E-state index is 6.12. The van der Waals surface area contributed by atoms with Gasteiger partial charge in [0.1, 0.15) is 11.9 Å². The average Bonchev–Trinajstić information content (AvgIpc) is 3.15. The van der Waals surface area contributed by atoms with E-state index in [2.05, 4.69) is 29.0 Å². The summed E-state index contributed by atoms with van der Waals surface area (Å²) in [6.45, 7) is 11.9. The number of para-hydroxylation sites is 1. The van der Waals surface area contributed by atoms with Crippen molar-refractivity contribution in [3.8, 4) is 5.75 Å². The van der Waals surface area contributed by atoms with Crippen LogP contribution in [0.25, 0.3) is 0 Å². The molecule has 5 heteroatoms. The van der Waals surface area contributed by atoms with Crippen molar-refractivity contribution in [3.63, 3.8) is 0 Å². The van der Waals surface area contributed by atoms with Crippen molar-refractivity contribution in [1.82, 2.24) is 15.1 Å². The van der Waals surface area contributed by atoms with E-state index < -0.39 is 0 Å². The van der Waals surface area contributed by atoms with E-state index in [0.717, 1.165) is 57.3 Å². The summed E-state index contributed by atoms with van der Waals surface area (Å²) in [7, 11) is 0. The van der Waals surface area contributed by atoms with Gasteiger partial charge in [-0.1, -0.05) is 25.1 Å². The first-order valence-electron chi connectivity index (χ1n) is 10.3. The Labute approximate surface area is 158 Å². The molecule has 2 fully saturated rings. The van der Waals surface area contributed by atoms with Crippen LogP contribution in [0.1, 0.15) is 33.1 Å². The third-order valence-corrected chi connectivity index (χ3v) is 5.44. The molecule has 0 aliphatic carbocycles. The number of piperidine rings is 1. The maximum Gasteiger partial charge on any atom is 0.193 e. The molecule has 2 aliphatic rings. The van der Waals surface area contributed by atoms with Crippen molar-refractivity contribution in [2.75, 3.05) is 45.8 Å². The van der Waals surface area contributed by atoms with Crippen LogP contribution in [-0.2, 0) is 0 Å². The van der Waals surface area contributed by atoms with Gasteiger partial charge in [-0.2, -0.15) is 0 Å². The van der Waals surface area contributed by atoms with Crippen molar-refractivity contribution < 1.29 is 4.74 Å². The van der Waals surface area contributed by atoms with Crippen molar-refractivity contribution in [3.05, 3.63) is 30.3 Å². The molecule has 2 aliphatic heterocycles. The molecular formula is C21H34N4O. The fourth-order valence-electron chi connectivity index (χ4n) is 3.87. The zero-order chi connectivity index (χ0) is 18.2. The van der Waals surface area contributed by atoms with Gasteiger partial charge in [0.2, 0.25) is 0 Å². The Bertz CT molecular complexity index is 554. The molecule has 0 radical (unpaired) electrons. The average molecular weight is 359 g/mol. The molecule has 0 amide bonds. The summed E-state index contributed by atoms with van der Waals surface area (Å²) in [6.07, 6.45) is 3.69. The number of nitrogens with one attached hydrogen (secondary N) is 1. The van der Waals surface area contributed by atoms with Crippen LogP contribution in [0.5, 0.6) is 5.75 Å². The monoisotopic (exact) mass is 358 g/mol. The molecule has 1 atom stereocenters. The van der Waals surface area contributed by atoms with Gasteiger partial charge in [-0.15, -0.1) is 0 Å². The summed E-state index contributed by atoms with van der Waals surface area (Å²) in [5.41, 5.74) is 0. The Morgan fingerprint density at radius 3 is 2.54 bits per heavy atom. The van der Waals surface area contributed by atoms with Gasteiger partial charge in [-0.25, -0.2) is 0 Å². The van der Waals surface area contributed by atoms with Gasteiger partial charge in [0.15, 0.2) is 5.96 Å². The second-order valence-corrected chi connectivity index (χ2v) is 7.36. The highest BCUT2D eigenvalue weighted by Crippen LogP contribution is 2.19. The van der Waals surface area contributed by atoms with Crippen molar-refractivity contribution >= 4 is 5.96 Å². The third kappa shape index (κ3) is 5.37. The Morgan fingerprint density at radius 1 is 1.12 bits per heavy atom. The lowest BCUT2D eigenvalue weighted by Gasteiger charge is -2.34. The predicted molar refractivity (Wildman–Crippen MR) is 108 cm³/mol. The molecular weight excluding hydrogens is 324 g/mol. The number of hydrogen-bond donors (Lipinski definition) is 1. The Hall–Kier alpha value is -1.75. The molecule has 0 bridgehead atoms. The van der Waals surface area contributed by atoms with Crippen LogP contribution in [0.3, 0.4) is 0 Å². The molecule has 0 spiro atoms. The minimum Gasteiger partial charge on any atom is -0.490 e. The van der Waals surface area contributed by atoms with E-state index >= 15 is 0 Å². The first-order chi connectivity index (χ1) is 12.8. The van der Waals surface area contributed by atoms with E-state index in [1.165, 1.54) is 19.5 Å².